The molecule has 0 aromatic carbocycles. The maximum atomic E-state index is 10.5. The highest BCUT2D eigenvalue weighted by Crippen LogP contribution is 2.11. The minimum Gasteiger partial charge on any atom is -0.478 e. The van der Waals surface area contributed by atoms with Gasteiger partial charge in [-0.2, -0.15) is 0 Å². The lowest BCUT2D eigenvalue weighted by Gasteiger charge is -1.93. The minimum absolute atomic E-state index is 0.284. The van der Waals surface area contributed by atoms with Crippen LogP contribution in [0.5, 0.6) is 0 Å². The molecule has 0 fully saturated rings. The Balaban J connectivity index is 2.87. The van der Waals surface area contributed by atoms with Crippen molar-refractivity contribution in [2.24, 2.45) is 0 Å². The van der Waals surface area contributed by atoms with E-state index in [2.05, 4.69) is 0 Å². The van der Waals surface area contributed by atoms with Crippen LogP contribution in [0.1, 0.15) is 29.5 Å². The lowest BCUT2D eigenvalue weighted by atomic mass is 10.2. The van der Waals surface area contributed by atoms with Crippen LogP contribution in [0, 0.1) is 0 Å². The van der Waals surface area contributed by atoms with Crippen molar-refractivity contribution in [1.29, 1.82) is 0 Å². The van der Waals surface area contributed by atoms with Gasteiger partial charge in [-0.25, -0.2) is 4.79 Å². The summed E-state index contributed by atoms with van der Waals surface area (Å²) in [6.45, 7) is 1.98. The number of carboxylic acids is 1. The molecule has 3 nitrogen and oxygen atoms in total. The summed E-state index contributed by atoms with van der Waals surface area (Å²) >= 11 is 0. The van der Waals surface area contributed by atoms with Crippen LogP contribution in [0.4, 0.5) is 0 Å². The zero-order chi connectivity index (χ0) is 8.27. The fraction of sp³-hybridized carbons (Fsp3) is 0.375. The first kappa shape index (κ1) is 7.85. The van der Waals surface area contributed by atoms with E-state index in [0.717, 1.165) is 6.42 Å². The van der Waals surface area contributed by atoms with Crippen molar-refractivity contribution in [3.8, 4) is 0 Å². The molecular formula is C8H10O3. The van der Waals surface area contributed by atoms with Crippen molar-refractivity contribution in [2.75, 3.05) is 0 Å². The molecule has 11 heavy (non-hydrogen) atoms. The fourth-order valence-corrected chi connectivity index (χ4v) is 0.952. The molecule has 0 spiro atoms. The van der Waals surface area contributed by atoms with Gasteiger partial charge >= 0.3 is 5.97 Å². The Morgan fingerprint density at radius 1 is 1.73 bits per heavy atom. The van der Waals surface area contributed by atoms with Gasteiger partial charge < -0.3 is 9.52 Å². The van der Waals surface area contributed by atoms with Gasteiger partial charge in [0.1, 0.15) is 11.3 Å². The highest BCUT2D eigenvalue weighted by Gasteiger charge is 2.11. The van der Waals surface area contributed by atoms with E-state index in [1.807, 2.05) is 6.92 Å². The van der Waals surface area contributed by atoms with Gasteiger partial charge in [0.2, 0.25) is 0 Å². The first-order valence-electron chi connectivity index (χ1n) is 3.55. The molecule has 1 heterocycles. The first-order chi connectivity index (χ1) is 5.25. The summed E-state index contributed by atoms with van der Waals surface area (Å²) in [5.41, 5.74) is 0.284. The summed E-state index contributed by atoms with van der Waals surface area (Å²) in [4.78, 5) is 10.5. The van der Waals surface area contributed by atoms with Gasteiger partial charge in [0, 0.05) is 6.42 Å². The van der Waals surface area contributed by atoms with Gasteiger partial charge in [-0.05, 0) is 12.5 Å². The molecule has 1 N–H and O–H groups in total. The molecule has 0 bridgehead atoms. The maximum absolute atomic E-state index is 10.5. The average Bonchev–Trinajstić information content (AvgIpc) is 2.36. The Hall–Kier alpha value is -1.25. The fourth-order valence-electron chi connectivity index (χ4n) is 0.952. The van der Waals surface area contributed by atoms with Gasteiger partial charge in [-0.3, -0.25) is 0 Å². The largest absolute Gasteiger partial charge is 0.478 e. The van der Waals surface area contributed by atoms with Crippen LogP contribution in [-0.2, 0) is 6.42 Å². The molecule has 3 heteroatoms. The lowest BCUT2D eigenvalue weighted by Crippen LogP contribution is -1.97. The Kier molecular flexibility index (Phi) is 2.31. The van der Waals surface area contributed by atoms with Crippen LogP contribution in [0.2, 0.25) is 0 Å². The molecule has 60 valence electrons. The van der Waals surface area contributed by atoms with E-state index in [1.54, 1.807) is 0 Å². The number of aryl methyl sites for hydroxylation is 1. The summed E-state index contributed by atoms with van der Waals surface area (Å²) in [7, 11) is 0. The first-order valence-corrected chi connectivity index (χ1v) is 3.55. The molecular weight excluding hydrogens is 144 g/mol. The van der Waals surface area contributed by atoms with Gasteiger partial charge in [0.15, 0.2) is 0 Å². The van der Waals surface area contributed by atoms with E-state index in [0.29, 0.717) is 12.2 Å². The van der Waals surface area contributed by atoms with E-state index >= 15 is 0 Å². The number of carboxylic acid groups (broad SMARTS) is 1. The summed E-state index contributed by atoms with van der Waals surface area (Å²) in [5.74, 6) is -0.345. The van der Waals surface area contributed by atoms with Gasteiger partial charge in [-0.15, -0.1) is 0 Å². The third kappa shape index (κ3) is 1.61. The van der Waals surface area contributed by atoms with Crippen molar-refractivity contribution in [2.45, 2.75) is 19.8 Å². The number of hydrogen-bond donors (Lipinski definition) is 1. The van der Waals surface area contributed by atoms with Crippen LogP contribution >= 0.6 is 0 Å². The van der Waals surface area contributed by atoms with Crippen molar-refractivity contribution >= 4 is 5.97 Å². The molecule has 0 aliphatic heterocycles. The van der Waals surface area contributed by atoms with Crippen molar-refractivity contribution in [3.05, 3.63) is 23.7 Å². The predicted octanol–water partition coefficient (Wildman–Crippen LogP) is 1.93. The zero-order valence-corrected chi connectivity index (χ0v) is 6.33. The highest BCUT2D eigenvalue weighted by molar-refractivity contribution is 5.88. The molecule has 1 aromatic rings. The molecule has 0 atom stereocenters. The topological polar surface area (TPSA) is 50.4 Å². The number of furan rings is 1. The maximum Gasteiger partial charge on any atom is 0.339 e. The van der Waals surface area contributed by atoms with Crippen LogP contribution in [0.15, 0.2) is 16.7 Å². The summed E-state index contributed by atoms with van der Waals surface area (Å²) in [6.07, 6.45) is 3.00. The van der Waals surface area contributed by atoms with Gasteiger partial charge in [-0.1, -0.05) is 6.92 Å². The van der Waals surface area contributed by atoms with Crippen LogP contribution in [-0.4, -0.2) is 11.1 Å². The Morgan fingerprint density at radius 2 is 2.45 bits per heavy atom. The molecule has 1 rings (SSSR count). The second-order valence-electron chi connectivity index (χ2n) is 2.31. The molecule has 0 unspecified atom stereocenters. The van der Waals surface area contributed by atoms with E-state index in [-0.39, 0.29) is 5.56 Å². The second kappa shape index (κ2) is 3.23. The number of carbonyl (C=O) groups is 1. The van der Waals surface area contributed by atoms with Gasteiger partial charge in [0.05, 0.1) is 6.26 Å². The third-order valence-corrected chi connectivity index (χ3v) is 1.45. The average molecular weight is 154 g/mol. The Bertz CT molecular complexity index is 250. The molecule has 0 amide bonds. The quantitative estimate of drug-likeness (QED) is 0.723. The van der Waals surface area contributed by atoms with E-state index in [9.17, 15) is 4.79 Å². The molecule has 1 aromatic heterocycles. The Labute approximate surface area is 64.6 Å². The zero-order valence-electron chi connectivity index (χ0n) is 6.33. The van der Waals surface area contributed by atoms with Crippen molar-refractivity contribution < 1.29 is 14.3 Å². The summed E-state index contributed by atoms with van der Waals surface area (Å²) in [5, 5.41) is 8.62. The van der Waals surface area contributed by atoms with Crippen molar-refractivity contribution in [1.82, 2.24) is 0 Å². The number of rotatable bonds is 3. The normalized spacial score (nSPS) is 9.91. The number of aromatic carboxylic acids is 1. The molecule has 0 aliphatic rings. The summed E-state index contributed by atoms with van der Waals surface area (Å²) < 4.78 is 4.99. The van der Waals surface area contributed by atoms with Crippen molar-refractivity contribution in [3.63, 3.8) is 0 Å². The highest BCUT2D eigenvalue weighted by atomic mass is 16.4. The lowest BCUT2D eigenvalue weighted by molar-refractivity contribution is 0.0694. The smallest absolute Gasteiger partial charge is 0.339 e. The van der Waals surface area contributed by atoms with Crippen LogP contribution < -0.4 is 0 Å². The van der Waals surface area contributed by atoms with E-state index in [4.69, 9.17) is 9.52 Å². The third-order valence-electron chi connectivity index (χ3n) is 1.45. The molecule has 0 saturated carbocycles. The second-order valence-corrected chi connectivity index (χ2v) is 2.31. The molecule has 0 aliphatic carbocycles. The van der Waals surface area contributed by atoms with Crippen LogP contribution in [0.25, 0.3) is 0 Å². The molecule has 0 radical (unpaired) electrons. The summed E-state index contributed by atoms with van der Waals surface area (Å²) in [6, 6.07) is 1.48. The SMILES string of the molecule is CCCc1occc1C(=O)O. The predicted molar refractivity (Wildman–Crippen MR) is 39.7 cm³/mol. The van der Waals surface area contributed by atoms with Gasteiger partial charge in [0.25, 0.3) is 0 Å². The molecule has 0 saturated heterocycles. The number of hydrogen-bond acceptors (Lipinski definition) is 2. The standard InChI is InChI=1S/C8H10O3/c1-2-3-7-6(8(9)10)4-5-11-7/h4-5H,2-3H2,1H3,(H,9,10). The van der Waals surface area contributed by atoms with E-state index < -0.39 is 5.97 Å². The minimum atomic E-state index is -0.915. The Morgan fingerprint density at radius 3 is 3.00 bits per heavy atom. The van der Waals surface area contributed by atoms with E-state index in [1.165, 1.54) is 12.3 Å². The van der Waals surface area contributed by atoms with Crippen LogP contribution in [0.3, 0.4) is 0 Å². The monoisotopic (exact) mass is 154 g/mol.